The number of allylic oxidation sites excluding steroid dienone is 2. The number of nitrogens with zero attached hydrogens (tertiary/aromatic N) is 4. The van der Waals surface area contributed by atoms with E-state index in [1.165, 1.54) is 0 Å². The zero-order valence-corrected chi connectivity index (χ0v) is 13.0. The van der Waals surface area contributed by atoms with Crippen molar-refractivity contribution < 1.29 is 9.84 Å². The molecule has 0 bridgehead atoms. The molecular weight excluding hydrogens is 268 g/mol. The molecule has 114 valence electrons. The molecule has 1 aliphatic carbocycles. The molecule has 0 aromatic rings. The van der Waals surface area contributed by atoms with Crippen molar-refractivity contribution in [3.05, 3.63) is 23.1 Å². The Hall–Kier alpha value is -1.53. The maximum Gasteiger partial charge on any atom is 0.131 e. The number of likely N-dealkylation sites (N-methyl/N-ethyl adjacent to an activating group) is 1. The van der Waals surface area contributed by atoms with Gasteiger partial charge in [-0.05, 0) is 38.2 Å². The number of ether oxygens (including phenoxy) is 1. The van der Waals surface area contributed by atoms with Crippen LogP contribution in [0.1, 0.15) is 34.1 Å². The van der Waals surface area contributed by atoms with Crippen molar-refractivity contribution in [2.75, 3.05) is 13.1 Å². The molecule has 21 heavy (non-hydrogen) atoms. The summed E-state index contributed by atoms with van der Waals surface area (Å²) in [6.07, 6.45) is 1.97. The smallest absolute Gasteiger partial charge is 0.131 e. The van der Waals surface area contributed by atoms with Crippen LogP contribution in [0.2, 0.25) is 0 Å². The zero-order valence-electron chi connectivity index (χ0n) is 13.0. The van der Waals surface area contributed by atoms with Crippen molar-refractivity contribution >= 4 is 5.71 Å². The Morgan fingerprint density at radius 1 is 1.38 bits per heavy atom. The van der Waals surface area contributed by atoms with E-state index in [2.05, 4.69) is 34.2 Å². The van der Waals surface area contributed by atoms with Crippen molar-refractivity contribution in [1.29, 1.82) is 0 Å². The zero-order chi connectivity index (χ0) is 15.2. The first kappa shape index (κ1) is 14.4. The van der Waals surface area contributed by atoms with Crippen LogP contribution in [0.3, 0.4) is 0 Å². The minimum Gasteiger partial charge on any atom is -0.489 e. The fourth-order valence-electron chi connectivity index (χ4n) is 3.24. The average molecular weight is 290 g/mol. The predicted molar refractivity (Wildman–Crippen MR) is 79.9 cm³/mol. The molecule has 0 aromatic carbocycles. The Bertz CT molecular complexity index is 570. The molecule has 0 saturated heterocycles. The Morgan fingerprint density at radius 3 is 2.76 bits per heavy atom. The second kappa shape index (κ2) is 5.03. The lowest BCUT2D eigenvalue weighted by Crippen LogP contribution is -2.58. The maximum atomic E-state index is 10.8. The number of hydrogen-bond donors (Lipinski definition) is 1. The largest absolute Gasteiger partial charge is 0.489 e. The third-order valence-corrected chi connectivity index (χ3v) is 4.48. The summed E-state index contributed by atoms with van der Waals surface area (Å²) in [6.45, 7) is 9.83. The topological polar surface area (TPSA) is 69.8 Å². The van der Waals surface area contributed by atoms with Crippen LogP contribution in [-0.2, 0) is 4.74 Å². The van der Waals surface area contributed by atoms with Gasteiger partial charge in [-0.25, -0.2) is 0 Å². The van der Waals surface area contributed by atoms with Gasteiger partial charge in [0.05, 0.1) is 18.2 Å². The average Bonchev–Trinajstić information content (AvgIpc) is 2.89. The Kier molecular flexibility index (Phi) is 3.45. The summed E-state index contributed by atoms with van der Waals surface area (Å²) in [5, 5.41) is 22.6. The molecule has 2 aliphatic heterocycles. The van der Waals surface area contributed by atoms with Crippen LogP contribution in [0.5, 0.6) is 0 Å². The standard InChI is InChI=1S/C15H22N4O2/c1-5-19(6-2)13-9-7-10-11(17-18-16-10)8-12(9)21-15(3,4)14(13)20/h7,13-14,20H,5-6,8H2,1-4H3. The van der Waals surface area contributed by atoms with Gasteiger partial charge in [0.1, 0.15) is 23.2 Å². The van der Waals surface area contributed by atoms with Gasteiger partial charge in [-0.2, -0.15) is 0 Å². The van der Waals surface area contributed by atoms with Gasteiger partial charge in [-0.1, -0.05) is 13.8 Å². The van der Waals surface area contributed by atoms with Crippen LogP contribution in [0, 0.1) is 0 Å². The lowest BCUT2D eigenvalue weighted by Gasteiger charge is -2.47. The predicted octanol–water partition coefficient (Wildman–Crippen LogP) is 2.23. The van der Waals surface area contributed by atoms with Crippen molar-refractivity contribution in [1.82, 2.24) is 4.90 Å². The number of aliphatic hydroxyl groups excluding tert-OH is 1. The summed E-state index contributed by atoms with van der Waals surface area (Å²) in [6, 6.07) is -0.0800. The highest BCUT2D eigenvalue weighted by Crippen LogP contribution is 2.40. The van der Waals surface area contributed by atoms with E-state index in [0.717, 1.165) is 35.8 Å². The van der Waals surface area contributed by atoms with Crippen LogP contribution in [0.15, 0.2) is 38.5 Å². The molecule has 0 amide bonds. The van der Waals surface area contributed by atoms with E-state index in [1.54, 1.807) is 0 Å². The van der Waals surface area contributed by atoms with Crippen molar-refractivity contribution in [3.63, 3.8) is 0 Å². The molecule has 0 spiro atoms. The monoisotopic (exact) mass is 290 g/mol. The van der Waals surface area contributed by atoms with Gasteiger partial charge in [0.25, 0.3) is 0 Å². The molecule has 2 heterocycles. The molecule has 0 aromatic heterocycles. The van der Waals surface area contributed by atoms with Gasteiger partial charge < -0.3 is 9.84 Å². The second-order valence-corrected chi connectivity index (χ2v) is 6.14. The van der Waals surface area contributed by atoms with Gasteiger partial charge in [-0.15, -0.1) is 10.2 Å². The Balaban J connectivity index is 2.07. The van der Waals surface area contributed by atoms with Crippen LogP contribution < -0.4 is 0 Å². The highest BCUT2D eigenvalue weighted by molar-refractivity contribution is 6.03. The molecule has 3 aliphatic rings. The minimum atomic E-state index is -0.620. The second-order valence-electron chi connectivity index (χ2n) is 6.14. The molecule has 0 radical (unpaired) electrons. The van der Waals surface area contributed by atoms with Gasteiger partial charge in [0.15, 0.2) is 0 Å². The number of hydrogen-bond acceptors (Lipinski definition) is 6. The summed E-state index contributed by atoms with van der Waals surface area (Å²) in [7, 11) is 0. The highest BCUT2D eigenvalue weighted by atomic mass is 16.5. The maximum absolute atomic E-state index is 10.8. The molecule has 1 N–H and O–H groups in total. The number of fused-ring (bicyclic) bond motifs is 1. The first-order valence-electron chi connectivity index (χ1n) is 7.51. The van der Waals surface area contributed by atoms with E-state index in [0.29, 0.717) is 6.42 Å². The Labute approximate surface area is 124 Å². The molecule has 2 atom stereocenters. The number of aliphatic hydroxyl groups is 1. The molecular formula is C15H22N4O2. The van der Waals surface area contributed by atoms with Crippen LogP contribution in [0.25, 0.3) is 0 Å². The van der Waals surface area contributed by atoms with Gasteiger partial charge in [0.2, 0.25) is 0 Å². The quantitative estimate of drug-likeness (QED) is 0.866. The third kappa shape index (κ3) is 2.22. The van der Waals surface area contributed by atoms with Gasteiger partial charge >= 0.3 is 0 Å². The van der Waals surface area contributed by atoms with E-state index in [9.17, 15) is 5.11 Å². The van der Waals surface area contributed by atoms with Crippen molar-refractivity contribution in [2.24, 2.45) is 15.4 Å². The summed E-state index contributed by atoms with van der Waals surface area (Å²) in [4.78, 5) is 2.26. The van der Waals surface area contributed by atoms with Crippen molar-refractivity contribution in [2.45, 2.75) is 51.9 Å². The first-order valence-corrected chi connectivity index (χ1v) is 7.51. The summed E-state index contributed by atoms with van der Waals surface area (Å²) in [5.41, 5.74) is 2.03. The fraction of sp³-hybridized carbons (Fsp3) is 0.667. The molecule has 0 fully saturated rings. The SMILES string of the molecule is CCN(CC)C1C2=C(CC3=NN=NC3=C2)OC(C)(C)C1O. The number of rotatable bonds is 3. The van der Waals surface area contributed by atoms with E-state index in [-0.39, 0.29) is 6.04 Å². The molecule has 3 rings (SSSR count). The van der Waals surface area contributed by atoms with E-state index < -0.39 is 11.7 Å². The molecule has 6 nitrogen and oxygen atoms in total. The van der Waals surface area contributed by atoms with E-state index >= 15 is 0 Å². The van der Waals surface area contributed by atoms with Gasteiger partial charge in [0, 0.05) is 5.57 Å². The highest BCUT2D eigenvalue weighted by Gasteiger charge is 2.47. The summed E-state index contributed by atoms with van der Waals surface area (Å²) >= 11 is 0. The normalized spacial score (nSPS) is 29.8. The van der Waals surface area contributed by atoms with Crippen LogP contribution in [0.4, 0.5) is 0 Å². The fourth-order valence-corrected chi connectivity index (χ4v) is 3.24. The van der Waals surface area contributed by atoms with Crippen molar-refractivity contribution in [3.8, 4) is 0 Å². The van der Waals surface area contributed by atoms with Crippen LogP contribution >= 0.6 is 0 Å². The third-order valence-electron chi connectivity index (χ3n) is 4.48. The van der Waals surface area contributed by atoms with E-state index in [4.69, 9.17) is 4.74 Å². The lowest BCUT2D eigenvalue weighted by atomic mass is 9.82. The molecule has 6 heteroatoms. The molecule has 2 unspecified atom stereocenters. The summed E-state index contributed by atoms with van der Waals surface area (Å²) < 4.78 is 6.06. The Morgan fingerprint density at radius 2 is 2.10 bits per heavy atom. The lowest BCUT2D eigenvalue weighted by molar-refractivity contribution is -0.114. The van der Waals surface area contributed by atoms with Crippen LogP contribution in [-0.4, -0.2) is 46.6 Å². The van der Waals surface area contributed by atoms with E-state index in [1.807, 2.05) is 19.9 Å². The minimum absolute atomic E-state index is 0.0800. The van der Waals surface area contributed by atoms with Gasteiger partial charge in [-0.3, -0.25) is 4.90 Å². The summed E-state index contributed by atoms with van der Waals surface area (Å²) in [5.74, 6) is 0.886. The molecule has 0 saturated carbocycles. The first-order chi connectivity index (χ1) is 9.97.